The maximum absolute atomic E-state index is 13.0. The highest BCUT2D eigenvalue weighted by Crippen LogP contribution is 2.39. The molecule has 140 valence electrons. The number of alkyl halides is 6. The van der Waals surface area contributed by atoms with E-state index in [-0.39, 0.29) is 18.2 Å². The Hall–Kier alpha value is -2.49. The van der Waals surface area contributed by atoms with Gasteiger partial charge in [0.1, 0.15) is 0 Å². The van der Waals surface area contributed by atoms with Crippen molar-refractivity contribution in [2.24, 2.45) is 0 Å². The summed E-state index contributed by atoms with van der Waals surface area (Å²) in [6.07, 6.45) is -8.86. The molecule has 0 fully saturated rings. The summed E-state index contributed by atoms with van der Waals surface area (Å²) in [4.78, 5) is 0. The van der Waals surface area contributed by atoms with Gasteiger partial charge in [-0.15, -0.1) is 0 Å². The van der Waals surface area contributed by atoms with E-state index in [1.807, 2.05) is 0 Å². The molecule has 0 saturated carbocycles. The molecule has 1 N–H and O–H groups in total. The first kappa shape index (κ1) is 19.8. The second-order valence-corrected chi connectivity index (χ2v) is 6.68. The van der Waals surface area contributed by atoms with Gasteiger partial charge in [0.25, 0.3) is 10.0 Å². The normalized spacial score (nSPS) is 13.2. The van der Waals surface area contributed by atoms with E-state index in [9.17, 15) is 34.8 Å². The molecule has 2 rings (SSSR count). The topological polar surface area (TPSA) is 46.2 Å². The summed E-state index contributed by atoms with van der Waals surface area (Å²) < 4.78 is 103. The van der Waals surface area contributed by atoms with Crippen molar-refractivity contribution >= 4 is 21.8 Å². The molecule has 0 bridgehead atoms. The second-order valence-electron chi connectivity index (χ2n) is 5.12. The Bertz CT molecular complexity index is 903. The molecule has 0 atom stereocenters. The molecule has 0 aliphatic heterocycles. The number of hydrogen-bond acceptors (Lipinski definition) is 2. The molecule has 0 aromatic heterocycles. The summed E-state index contributed by atoms with van der Waals surface area (Å²) in [6.45, 7) is 0. The first-order valence-electron chi connectivity index (χ1n) is 6.93. The van der Waals surface area contributed by atoms with E-state index in [1.54, 1.807) is 22.9 Å². The number of nitrogens with one attached hydrogen (secondary N) is 1. The Kier molecular flexibility index (Phi) is 5.36. The molecule has 2 aromatic rings. The van der Waals surface area contributed by atoms with Crippen molar-refractivity contribution in [2.75, 3.05) is 4.72 Å². The minimum Gasteiger partial charge on any atom is -0.279 e. The number of halogens is 6. The first-order valence-corrected chi connectivity index (χ1v) is 8.47. The molecule has 26 heavy (non-hydrogen) atoms. The van der Waals surface area contributed by atoms with Crippen molar-refractivity contribution in [2.45, 2.75) is 12.4 Å². The van der Waals surface area contributed by atoms with E-state index < -0.39 is 39.2 Å². The largest absolute Gasteiger partial charge is 0.418 e. The van der Waals surface area contributed by atoms with Gasteiger partial charge in [0.05, 0.1) is 22.2 Å². The number of anilines is 1. The summed E-state index contributed by atoms with van der Waals surface area (Å²) in [5, 5.41) is 0.572. The van der Waals surface area contributed by atoms with Gasteiger partial charge in [0.15, 0.2) is 0 Å². The molecule has 0 aliphatic rings. The highest BCUT2D eigenvalue weighted by molar-refractivity contribution is 7.95. The van der Waals surface area contributed by atoms with Gasteiger partial charge >= 0.3 is 12.4 Å². The minimum atomic E-state index is -5.04. The molecule has 0 radical (unpaired) electrons. The van der Waals surface area contributed by atoms with Crippen molar-refractivity contribution in [1.82, 2.24) is 0 Å². The predicted molar refractivity (Wildman–Crippen MR) is 84.5 cm³/mol. The van der Waals surface area contributed by atoms with E-state index in [4.69, 9.17) is 0 Å². The van der Waals surface area contributed by atoms with Crippen molar-refractivity contribution in [3.05, 3.63) is 70.6 Å². The molecule has 0 saturated heterocycles. The lowest BCUT2D eigenvalue weighted by Crippen LogP contribution is -2.17. The fourth-order valence-corrected chi connectivity index (χ4v) is 2.85. The lowest BCUT2D eigenvalue weighted by atomic mass is 10.1. The van der Waals surface area contributed by atoms with Gasteiger partial charge in [0.2, 0.25) is 0 Å². The van der Waals surface area contributed by atoms with E-state index in [1.165, 1.54) is 12.1 Å². The molecular formula is C16H11F6NO2S. The van der Waals surface area contributed by atoms with Crippen LogP contribution in [0.4, 0.5) is 32.0 Å². The molecule has 0 amide bonds. The lowest BCUT2D eigenvalue weighted by molar-refractivity contribution is -0.140. The number of hydrogen-bond donors (Lipinski definition) is 1. The minimum absolute atomic E-state index is 0.108. The van der Waals surface area contributed by atoms with Crippen LogP contribution in [0, 0.1) is 0 Å². The maximum Gasteiger partial charge on any atom is 0.418 e. The molecule has 0 heterocycles. The van der Waals surface area contributed by atoms with Crippen LogP contribution in [0.5, 0.6) is 0 Å². The highest BCUT2D eigenvalue weighted by atomic mass is 32.2. The Morgan fingerprint density at radius 2 is 1.46 bits per heavy atom. The smallest absolute Gasteiger partial charge is 0.279 e. The molecule has 3 nitrogen and oxygen atoms in total. The van der Waals surface area contributed by atoms with E-state index in [0.717, 1.165) is 6.08 Å². The Morgan fingerprint density at radius 3 is 2.00 bits per heavy atom. The van der Waals surface area contributed by atoms with Gasteiger partial charge in [-0.25, -0.2) is 8.42 Å². The average molecular weight is 395 g/mol. The summed E-state index contributed by atoms with van der Waals surface area (Å²) in [7, 11) is -4.48. The van der Waals surface area contributed by atoms with Gasteiger partial charge < -0.3 is 0 Å². The van der Waals surface area contributed by atoms with Gasteiger partial charge in [-0.2, -0.15) is 26.3 Å². The van der Waals surface area contributed by atoms with Crippen LogP contribution in [0.25, 0.3) is 6.08 Å². The first-order chi connectivity index (χ1) is 11.9. The van der Waals surface area contributed by atoms with Gasteiger partial charge in [0, 0.05) is 0 Å². The van der Waals surface area contributed by atoms with Gasteiger partial charge in [-0.05, 0) is 29.8 Å². The summed E-state index contributed by atoms with van der Waals surface area (Å²) in [5.74, 6) is 0. The quantitative estimate of drug-likeness (QED) is 0.729. The van der Waals surface area contributed by atoms with E-state index in [2.05, 4.69) is 0 Å². The standard InChI is InChI=1S/C16H11F6NO2S/c17-15(18,19)12-6-7-13(16(20,21)22)14(10-12)23-26(24,25)9-8-11-4-2-1-3-5-11/h1-10,23H. The van der Waals surface area contributed by atoms with Crippen molar-refractivity contribution in [3.63, 3.8) is 0 Å². The van der Waals surface area contributed by atoms with Crippen LogP contribution in [0.1, 0.15) is 16.7 Å². The summed E-state index contributed by atoms with van der Waals surface area (Å²) >= 11 is 0. The molecule has 0 unspecified atom stereocenters. The highest BCUT2D eigenvalue weighted by Gasteiger charge is 2.37. The van der Waals surface area contributed by atoms with Crippen LogP contribution in [-0.2, 0) is 22.4 Å². The lowest BCUT2D eigenvalue weighted by Gasteiger charge is -2.16. The summed E-state index contributed by atoms with van der Waals surface area (Å²) in [6, 6.07) is 8.48. The Labute approximate surface area is 145 Å². The second kappa shape index (κ2) is 7.02. The van der Waals surface area contributed by atoms with Crippen molar-refractivity contribution in [1.29, 1.82) is 0 Å². The van der Waals surface area contributed by atoms with Gasteiger partial charge in [-0.3, -0.25) is 4.72 Å². The number of benzene rings is 2. The van der Waals surface area contributed by atoms with Crippen molar-refractivity contribution in [3.8, 4) is 0 Å². The molecule has 0 aliphatic carbocycles. The maximum atomic E-state index is 13.0. The van der Waals surface area contributed by atoms with E-state index >= 15 is 0 Å². The van der Waals surface area contributed by atoms with E-state index in [0.29, 0.717) is 11.0 Å². The number of rotatable bonds is 4. The zero-order valence-corrected chi connectivity index (χ0v) is 13.6. The molecular weight excluding hydrogens is 384 g/mol. The predicted octanol–water partition coefficient (Wildman–Crippen LogP) is 5.14. The van der Waals surface area contributed by atoms with Gasteiger partial charge in [-0.1, -0.05) is 30.3 Å². The molecule has 2 aromatic carbocycles. The fraction of sp³-hybridized carbons (Fsp3) is 0.125. The van der Waals surface area contributed by atoms with Crippen LogP contribution >= 0.6 is 0 Å². The average Bonchev–Trinajstić information content (AvgIpc) is 2.52. The van der Waals surface area contributed by atoms with Crippen LogP contribution in [0.15, 0.2) is 53.9 Å². The third kappa shape index (κ3) is 5.25. The van der Waals surface area contributed by atoms with Crippen LogP contribution in [0.2, 0.25) is 0 Å². The van der Waals surface area contributed by atoms with Crippen LogP contribution in [-0.4, -0.2) is 8.42 Å². The molecule has 10 heteroatoms. The SMILES string of the molecule is O=S(=O)(C=Cc1ccccc1)Nc1cc(C(F)(F)F)ccc1C(F)(F)F. The fourth-order valence-electron chi connectivity index (χ4n) is 1.97. The third-order valence-corrected chi connectivity index (χ3v) is 4.14. The third-order valence-electron chi connectivity index (χ3n) is 3.14. The Morgan fingerprint density at radius 1 is 0.846 bits per heavy atom. The van der Waals surface area contributed by atoms with Crippen molar-refractivity contribution < 1.29 is 34.8 Å². The monoisotopic (exact) mass is 395 g/mol. The Balaban J connectivity index is 2.41. The zero-order valence-electron chi connectivity index (χ0n) is 12.8. The molecule has 0 spiro atoms. The zero-order chi connectivity index (χ0) is 19.6. The van der Waals surface area contributed by atoms with Crippen LogP contribution in [0.3, 0.4) is 0 Å². The van der Waals surface area contributed by atoms with Crippen LogP contribution < -0.4 is 4.72 Å². The number of sulfonamides is 1. The summed E-state index contributed by atoms with van der Waals surface area (Å²) in [5.41, 5.74) is -3.69.